The van der Waals surface area contributed by atoms with Crippen LogP contribution in [0.2, 0.25) is 0 Å². The topological polar surface area (TPSA) is 68.2 Å². The molecule has 2 atom stereocenters. The Labute approximate surface area is 134 Å². The van der Waals surface area contributed by atoms with E-state index < -0.39 is 0 Å². The fourth-order valence-corrected chi connectivity index (χ4v) is 2.34. The van der Waals surface area contributed by atoms with Gasteiger partial charge in [0.2, 0.25) is 0 Å². The highest BCUT2D eigenvalue weighted by Crippen LogP contribution is 2.25. The molecule has 2 rings (SSSR count). The van der Waals surface area contributed by atoms with Gasteiger partial charge in [0.25, 0.3) is 0 Å². The number of nitrogens with one attached hydrogen (secondary N) is 2. The third-order valence-electron chi connectivity index (χ3n) is 3.43. The maximum Gasteiger partial charge on any atom is 0.315 e. The molecular weight excluding hydrogens is 299 g/mol. The number of carbonyl (C=O) groups excluding carboxylic acids is 1. The summed E-state index contributed by atoms with van der Waals surface area (Å²) in [6.45, 7) is 4.29. The minimum atomic E-state index is -0.388. The van der Waals surface area contributed by atoms with E-state index in [9.17, 15) is 9.18 Å². The Bertz CT molecular complexity index is 646. The van der Waals surface area contributed by atoms with Gasteiger partial charge in [-0.15, -0.1) is 0 Å². The molecule has 0 spiro atoms. The Kier molecular flexibility index (Phi) is 5.56. The lowest BCUT2D eigenvalue weighted by molar-refractivity contribution is 0.233. The minimum absolute atomic E-state index is 0.0780. The van der Waals surface area contributed by atoms with E-state index in [0.29, 0.717) is 17.9 Å². The number of hydrogen-bond donors (Lipinski definition) is 2. The van der Waals surface area contributed by atoms with Crippen LogP contribution in [0.1, 0.15) is 25.5 Å². The van der Waals surface area contributed by atoms with Gasteiger partial charge in [-0.25, -0.2) is 14.2 Å². The zero-order valence-corrected chi connectivity index (χ0v) is 13.4. The molecule has 2 amide bonds. The molecule has 0 radical (unpaired) electrons. The van der Waals surface area contributed by atoms with E-state index in [-0.39, 0.29) is 23.9 Å². The molecular formula is C16H21FN4O2. The lowest BCUT2D eigenvalue weighted by Crippen LogP contribution is -2.43. The Morgan fingerprint density at radius 3 is 2.83 bits per heavy atom. The predicted molar refractivity (Wildman–Crippen MR) is 84.7 cm³/mol. The van der Waals surface area contributed by atoms with Gasteiger partial charge >= 0.3 is 6.03 Å². The molecule has 0 saturated carbocycles. The highest BCUT2D eigenvalue weighted by molar-refractivity contribution is 5.74. The van der Waals surface area contributed by atoms with Crippen molar-refractivity contribution in [1.82, 2.24) is 20.2 Å². The van der Waals surface area contributed by atoms with Crippen molar-refractivity contribution in [3.05, 3.63) is 48.3 Å². The molecule has 0 bridgehead atoms. The van der Waals surface area contributed by atoms with Crippen LogP contribution in [-0.4, -0.2) is 28.7 Å². The van der Waals surface area contributed by atoms with Crippen LogP contribution in [-0.2, 0) is 6.54 Å². The van der Waals surface area contributed by atoms with Crippen molar-refractivity contribution in [3.63, 3.8) is 0 Å². The second-order valence-corrected chi connectivity index (χ2v) is 5.39. The third kappa shape index (κ3) is 4.70. The number of nitrogens with zero attached hydrogens (tertiary/aromatic N) is 2. The summed E-state index contributed by atoms with van der Waals surface area (Å²) in [6, 6.07) is 3.44. The van der Waals surface area contributed by atoms with E-state index in [1.165, 1.54) is 19.2 Å². The second kappa shape index (κ2) is 7.62. The molecule has 7 heteroatoms. The largest absolute Gasteiger partial charge is 0.496 e. The van der Waals surface area contributed by atoms with E-state index in [0.717, 1.165) is 0 Å². The van der Waals surface area contributed by atoms with E-state index in [4.69, 9.17) is 4.74 Å². The number of hydrogen-bond acceptors (Lipinski definition) is 3. The van der Waals surface area contributed by atoms with E-state index in [2.05, 4.69) is 15.6 Å². The SMILES string of the molecule is COc1ccc(F)cc1[C@@H](C)NC(=O)N[C@@H](C)Cn1ccnc1. The molecule has 0 aliphatic rings. The Balaban J connectivity index is 1.93. The number of ether oxygens (including phenoxy) is 1. The zero-order valence-electron chi connectivity index (χ0n) is 13.4. The van der Waals surface area contributed by atoms with Crippen molar-refractivity contribution in [2.24, 2.45) is 0 Å². The van der Waals surface area contributed by atoms with Gasteiger partial charge in [0, 0.05) is 30.5 Å². The molecule has 2 aromatic rings. The standard InChI is InChI=1S/C16H21FN4O2/c1-11(9-21-7-6-18-10-21)19-16(22)20-12(2)14-8-13(17)4-5-15(14)23-3/h4-8,10-12H,9H2,1-3H3,(H2,19,20,22)/t11-,12+/m0/s1. The van der Waals surface area contributed by atoms with Crippen LogP contribution in [0.15, 0.2) is 36.9 Å². The number of imidazole rings is 1. The van der Waals surface area contributed by atoms with Gasteiger partial charge in [0.05, 0.1) is 19.5 Å². The van der Waals surface area contributed by atoms with Crippen molar-refractivity contribution in [2.75, 3.05) is 7.11 Å². The fraction of sp³-hybridized carbons (Fsp3) is 0.375. The van der Waals surface area contributed by atoms with Crippen molar-refractivity contribution in [3.8, 4) is 5.75 Å². The molecule has 0 unspecified atom stereocenters. The van der Waals surface area contributed by atoms with Gasteiger partial charge < -0.3 is 19.9 Å². The summed E-state index contributed by atoms with van der Waals surface area (Å²) < 4.78 is 20.5. The monoisotopic (exact) mass is 320 g/mol. The number of aromatic nitrogens is 2. The average Bonchev–Trinajstić information content (AvgIpc) is 2.99. The molecule has 0 aliphatic carbocycles. The summed E-state index contributed by atoms with van der Waals surface area (Å²) in [4.78, 5) is 16.0. The summed E-state index contributed by atoms with van der Waals surface area (Å²) in [5.41, 5.74) is 0.588. The van der Waals surface area contributed by atoms with Crippen molar-refractivity contribution >= 4 is 6.03 Å². The van der Waals surface area contributed by atoms with Gasteiger partial charge in [-0.05, 0) is 32.0 Å². The van der Waals surface area contributed by atoms with Crippen LogP contribution < -0.4 is 15.4 Å². The number of amides is 2. The number of methoxy groups -OCH3 is 1. The maximum atomic E-state index is 13.4. The summed E-state index contributed by atoms with van der Waals surface area (Å²) in [7, 11) is 1.51. The molecule has 2 N–H and O–H groups in total. The van der Waals surface area contributed by atoms with Gasteiger partial charge in [-0.3, -0.25) is 0 Å². The van der Waals surface area contributed by atoms with Crippen molar-refractivity contribution in [1.29, 1.82) is 0 Å². The van der Waals surface area contributed by atoms with E-state index >= 15 is 0 Å². The number of halogens is 1. The molecule has 124 valence electrons. The first kappa shape index (κ1) is 16.8. The first-order valence-corrected chi connectivity index (χ1v) is 7.35. The number of rotatable bonds is 6. The van der Waals surface area contributed by atoms with E-state index in [1.54, 1.807) is 25.5 Å². The fourth-order valence-electron chi connectivity index (χ4n) is 2.34. The zero-order chi connectivity index (χ0) is 16.8. The molecule has 1 heterocycles. The van der Waals surface area contributed by atoms with Gasteiger partial charge in [0.1, 0.15) is 11.6 Å². The van der Waals surface area contributed by atoms with Crippen molar-refractivity contribution in [2.45, 2.75) is 32.5 Å². The highest BCUT2D eigenvalue weighted by atomic mass is 19.1. The minimum Gasteiger partial charge on any atom is -0.496 e. The molecule has 6 nitrogen and oxygen atoms in total. The highest BCUT2D eigenvalue weighted by Gasteiger charge is 2.16. The number of benzene rings is 1. The van der Waals surface area contributed by atoms with Crippen LogP contribution in [0.3, 0.4) is 0 Å². The molecule has 23 heavy (non-hydrogen) atoms. The molecule has 0 saturated heterocycles. The third-order valence-corrected chi connectivity index (χ3v) is 3.43. The first-order valence-electron chi connectivity index (χ1n) is 7.35. The van der Waals surface area contributed by atoms with Gasteiger partial charge in [-0.2, -0.15) is 0 Å². The quantitative estimate of drug-likeness (QED) is 0.859. The van der Waals surface area contributed by atoms with Gasteiger partial charge in [0.15, 0.2) is 0 Å². The van der Waals surface area contributed by atoms with Crippen LogP contribution in [0, 0.1) is 5.82 Å². The van der Waals surface area contributed by atoms with Crippen molar-refractivity contribution < 1.29 is 13.9 Å². The first-order chi connectivity index (χ1) is 11.0. The Morgan fingerprint density at radius 2 is 2.17 bits per heavy atom. The lowest BCUT2D eigenvalue weighted by atomic mass is 10.1. The predicted octanol–water partition coefficient (Wildman–Crippen LogP) is 2.48. The van der Waals surface area contributed by atoms with Crippen LogP contribution >= 0.6 is 0 Å². The summed E-state index contributed by atoms with van der Waals surface area (Å²) in [5.74, 6) is 0.161. The number of urea groups is 1. The molecule has 1 aromatic heterocycles. The second-order valence-electron chi connectivity index (χ2n) is 5.39. The summed E-state index contributed by atoms with van der Waals surface area (Å²) >= 11 is 0. The summed E-state index contributed by atoms with van der Waals surface area (Å²) in [6.07, 6.45) is 5.21. The summed E-state index contributed by atoms with van der Waals surface area (Å²) in [5, 5.41) is 5.62. The normalized spacial score (nSPS) is 13.2. The Hall–Kier alpha value is -2.57. The maximum absolute atomic E-state index is 13.4. The average molecular weight is 320 g/mol. The van der Waals surface area contributed by atoms with E-state index in [1.807, 2.05) is 17.7 Å². The molecule has 0 aliphatic heterocycles. The molecule has 1 aromatic carbocycles. The number of carbonyl (C=O) groups is 1. The van der Waals surface area contributed by atoms with Crippen LogP contribution in [0.5, 0.6) is 5.75 Å². The molecule has 0 fully saturated rings. The Morgan fingerprint density at radius 1 is 1.39 bits per heavy atom. The van der Waals surface area contributed by atoms with Gasteiger partial charge in [-0.1, -0.05) is 0 Å². The van der Waals surface area contributed by atoms with Crippen LogP contribution in [0.4, 0.5) is 9.18 Å². The lowest BCUT2D eigenvalue weighted by Gasteiger charge is -2.20. The van der Waals surface area contributed by atoms with Crippen LogP contribution in [0.25, 0.3) is 0 Å². The smallest absolute Gasteiger partial charge is 0.315 e.